The summed E-state index contributed by atoms with van der Waals surface area (Å²) in [6.07, 6.45) is 0.891. The fourth-order valence-electron chi connectivity index (χ4n) is 1.84. The zero-order valence-corrected chi connectivity index (χ0v) is 9.80. The summed E-state index contributed by atoms with van der Waals surface area (Å²) in [5.74, 6) is -0.330. The Morgan fingerprint density at radius 2 is 2.12 bits per heavy atom. The molecule has 0 amide bonds. The number of carbonyl (C=O) groups is 1. The topological polar surface area (TPSA) is 44.8 Å². The summed E-state index contributed by atoms with van der Waals surface area (Å²) in [6, 6.07) is 8.93. The lowest BCUT2D eigenvalue weighted by molar-refractivity contribution is -0.201. The molecule has 1 heterocycles. The number of rotatable bonds is 3. The number of benzene rings is 1. The van der Waals surface area contributed by atoms with Crippen LogP contribution in [0, 0.1) is 0 Å². The molecule has 2 atom stereocenters. The van der Waals surface area contributed by atoms with Crippen LogP contribution in [0.3, 0.4) is 0 Å². The second kappa shape index (κ2) is 5.80. The Balaban J connectivity index is 1.98. The lowest BCUT2D eigenvalue weighted by Crippen LogP contribution is -2.38. The predicted octanol–water partition coefficient (Wildman–Crippen LogP) is 1.99. The fraction of sp³-hybridized carbons (Fsp3) is 0.462. The van der Waals surface area contributed by atoms with E-state index in [4.69, 9.17) is 14.2 Å². The van der Waals surface area contributed by atoms with Gasteiger partial charge in [0, 0.05) is 7.11 Å². The molecular weight excluding hydrogens is 220 g/mol. The molecule has 0 spiro atoms. The molecule has 1 aliphatic rings. The van der Waals surface area contributed by atoms with Crippen molar-refractivity contribution in [2.75, 3.05) is 13.7 Å². The van der Waals surface area contributed by atoms with Gasteiger partial charge in [-0.15, -0.1) is 0 Å². The van der Waals surface area contributed by atoms with Gasteiger partial charge in [0.15, 0.2) is 12.4 Å². The molecule has 0 radical (unpaired) electrons. The summed E-state index contributed by atoms with van der Waals surface area (Å²) < 4.78 is 15.9. The maximum absolute atomic E-state index is 11.8. The zero-order chi connectivity index (χ0) is 12.1. The smallest absolute Gasteiger partial charge is 0.338 e. The Morgan fingerprint density at radius 3 is 2.82 bits per heavy atom. The highest BCUT2D eigenvalue weighted by atomic mass is 16.7. The second-order valence-electron chi connectivity index (χ2n) is 3.93. The first-order chi connectivity index (χ1) is 8.31. The SMILES string of the molecule is CO[C@@H]1OCCC[C@H]1OC(=O)c1ccccc1. The van der Waals surface area contributed by atoms with E-state index in [1.165, 1.54) is 0 Å². The molecular formula is C13H16O4. The van der Waals surface area contributed by atoms with E-state index in [0.717, 1.165) is 12.8 Å². The second-order valence-corrected chi connectivity index (χ2v) is 3.93. The third kappa shape index (κ3) is 3.05. The molecule has 1 aromatic rings. The minimum atomic E-state index is -0.448. The van der Waals surface area contributed by atoms with Crippen molar-refractivity contribution in [3.63, 3.8) is 0 Å². The molecule has 4 nitrogen and oxygen atoms in total. The molecule has 92 valence electrons. The van der Waals surface area contributed by atoms with Crippen molar-refractivity contribution in [2.45, 2.75) is 25.2 Å². The average Bonchev–Trinajstić information content (AvgIpc) is 2.40. The normalized spacial score (nSPS) is 24.3. The van der Waals surface area contributed by atoms with Crippen molar-refractivity contribution in [1.29, 1.82) is 0 Å². The minimum Gasteiger partial charge on any atom is -0.453 e. The Labute approximate surface area is 100 Å². The predicted molar refractivity (Wildman–Crippen MR) is 61.6 cm³/mol. The summed E-state index contributed by atoms with van der Waals surface area (Å²) >= 11 is 0. The largest absolute Gasteiger partial charge is 0.453 e. The van der Waals surface area contributed by atoms with Crippen LogP contribution in [0.1, 0.15) is 23.2 Å². The van der Waals surface area contributed by atoms with Crippen LogP contribution in [0.25, 0.3) is 0 Å². The van der Waals surface area contributed by atoms with Crippen molar-refractivity contribution in [3.8, 4) is 0 Å². The van der Waals surface area contributed by atoms with Crippen molar-refractivity contribution in [3.05, 3.63) is 35.9 Å². The fourth-order valence-corrected chi connectivity index (χ4v) is 1.84. The van der Waals surface area contributed by atoms with Gasteiger partial charge in [-0.1, -0.05) is 18.2 Å². The van der Waals surface area contributed by atoms with E-state index in [-0.39, 0.29) is 12.1 Å². The molecule has 2 rings (SSSR count). The quantitative estimate of drug-likeness (QED) is 0.753. The molecule has 1 saturated heterocycles. The van der Waals surface area contributed by atoms with Crippen LogP contribution in [0.4, 0.5) is 0 Å². The minimum absolute atomic E-state index is 0.318. The summed E-state index contributed by atoms with van der Waals surface area (Å²) in [6.45, 7) is 0.651. The lowest BCUT2D eigenvalue weighted by atomic mass is 10.1. The van der Waals surface area contributed by atoms with Crippen molar-refractivity contribution >= 4 is 5.97 Å². The van der Waals surface area contributed by atoms with Gasteiger partial charge in [-0.3, -0.25) is 0 Å². The van der Waals surface area contributed by atoms with Gasteiger partial charge in [-0.25, -0.2) is 4.79 Å². The van der Waals surface area contributed by atoms with Gasteiger partial charge in [0.2, 0.25) is 0 Å². The number of hydrogen-bond acceptors (Lipinski definition) is 4. The molecule has 17 heavy (non-hydrogen) atoms. The first-order valence-corrected chi connectivity index (χ1v) is 5.71. The van der Waals surface area contributed by atoms with E-state index in [0.29, 0.717) is 12.2 Å². The standard InChI is InChI=1S/C13H16O4/c1-15-13-11(8-5-9-16-13)17-12(14)10-6-3-2-4-7-10/h2-4,6-7,11,13H,5,8-9H2,1H3/t11-,13-/m1/s1. The summed E-state index contributed by atoms with van der Waals surface area (Å²) in [4.78, 5) is 11.8. The molecule has 0 N–H and O–H groups in total. The third-order valence-corrected chi connectivity index (χ3v) is 2.72. The van der Waals surface area contributed by atoms with Crippen LogP contribution in [0.5, 0.6) is 0 Å². The summed E-state index contributed by atoms with van der Waals surface area (Å²) in [5.41, 5.74) is 0.549. The molecule has 0 aromatic heterocycles. The number of carbonyl (C=O) groups excluding carboxylic acids is 1. The molecule has 1 aliphatic heterocycles. The van der Waals surface area contributed by atoms with Crippen LogP contribution < -0.4 is 0 Å². The van der Waals surface area contributed by atoms with Gasteiger partial charge in [0.05, 0.1) is 12.2 Å². The molecule has 0 aliphatic carbocycles. The van der Waals surface area contributed by atoms with Gasteiger partial charge in [-0.05, 0) is 25.0 Å². The highest BCUT2D eigenvalue weighted by Gasteiger charge is 2.29. The van der Waals surface area contributed by atoms with E-state index in [9.17, 15) is 4.79 Å². The van der Waals surface area contributed by atoms with Crippen molar-refractivity contribution in [2.24, 2.45) is 0 Å². The van der Waals surface area contributed by atoms with Crippen molar-refractivity contribution < 1.29 is 19.0 Å². The highest BCUT2D eigenvalue weighted by molar-refractivity contribution is 5.89. The van der Waals surface area contributed by atoms with Crippen LogP contribution in [0.15, 0.2) is 30.3 Å². The van der Waals surface area contributed by atoms with E-state index >= 15 is 0 Å². The summed E-state index contributed by atoms with van der Waals surface area (Å²) in [7, 11) is 1.55. The number of esters is 1. The Kier molecular flexibility index (Phi) is 4.12. The van der Waals surface area contributed by atoms with Gasteiger partial charge in [0.1, 0.15) is 0 Å². The summed E-state index contributed by atoms with van der Waals surface area (Å²) in [5, 5.41) is 0. The monoisotopic (exact) mass is 236 g/mol. The highest BCUT2D eigenvalue weighted by Crippen LogP contribution is 2.19. The molecule has 0 saturated carbocycles. The lowest BCUT2D eigenvalue weighted by Gasteiger charge is -2.29. The number of methoxy groups -OCH3 is 1. The van der Waals surface area contributed by atoms with Gasteiger partial charge >= 0.3 is 5.97 Å². The molecule has 0 bridgehead atoms. The van der Waals surface area contributed by atoms with Crippen molar-refractivity contribution in [1.82, 2.24) is 0 Å². The molecule has 0 unspecified atom stereocenters. The average molecular weight is 236 g/mol. The molecule has 1 fully saturated rings. The maximum atomic E-state index is 11.8. The Bertz CT molecular complexity index is 363. The van der Waals surface area contributed by atoms with Gasteiger partial charge < -0.3 is 14.2 Å². The first kappa shape index (κ1) is 12.1. The van der Waals surface area contributed by atoms with E-state index in [1.54, 1.807) is 19.2 Å². The third-order valence-electron chi connectivity index (χ3n) is 2.72. The molecule has 4 heteroatoms. The zero-order valence-electron chi connectivity index (χ0n) is 9.80. The van der Waals surface area contributed by atoms with Crippen LogP contribution in [-0.4, -0.2) is 32.1 Å². The molecule has 1 aromatic carbocycles. The van der Waals surface area contributed by atoms with E-state index in [1.807, 2.05) is 18.2 Å². The first-order valence-electron chi connectivity index (χ1n) is 5.71. The Morgan fingerprint density at radius 1 is 1.35 bits per heavy atom. The van der Waals surface area contributed by atoms with Gasteiger partial charge in [-0.2, -0.15) is 0 Å². The van der Waals surface area contributed by atoms with Gasteiger partial charge in [0.25, 0.3) is 0 Å². The van der Waals surface area contributed by atoms with Crippen LogP contribution in [0.2, 0.25) is 0 Å². The van der Waals surface area contributed by atoms with Crippen LogP contribution in [-0.2, 0) is 14.2 Å². The Hall–Kier alpha value is -1.39. The number of hydrogen-bond donors (Lipinski definition) is 0. The maximum Gasteiger partial charge on any atom is 0.338 e. The van der Waals surface area contributed by atoms with E-state index < -0.39 is 6.29 Å². The van der Waals surface area contributed by atoms with E-state index in [2.05, 4.69) is 0 Å². The number of ether oxygens (including phenoxy) is 3. The van der Waals surface area contributed by atoms with Crippen LogP contribution >= 0.6 is 0 Å².